The Morgan fingerprint density at radius 1 is 1.25 bits per heavy atom. The minimum Gasteiger partial charge on any atom is -0.496 e. The molecule has 106 valence electrons. The van der Waals surface area contributed by atoms with Crippen molar-refractivity contribution in [3.05, 3.63) is 51.2 Å². The summed E-state index contributed by atoms with van der Waals surface area (Å²) in [5, 5.41) is 5.50. The van der Waals surface area contributed by atoms with Crippen LogP contribution in [0.3, 0.4) is 0 Å². The van der Waals surface area contributed by atoms with Gasteiger partial charge in [0.05, 0.1) is 7.11 Å². The molecule has 3 heteroatoms. The zero-order valence-electron chi connectivity index (χ0n) is 12.1. The van der Waals surface area contributed by atoms with Gasteiger partial charge in [0, 0.05) is 16.3 Å². The lowest BCUT2D eigenvalue weighted by atomic mass is 10.0. The fourth-order valence-corrected chi connectivity index (χ4v) is 3.92. The number of ether oxygens (including phenoxy) is 1. The second kappa shape index (κ2) is 5.98. The molecule has 0 fully saturated rings. The molecular formula is C17H21NOS. The Bertz CT molecular complexity index is 590. The maximum absolute atomic E-state index is 5.28. The van der Waals surface area contributed by atoms with Crippen molar-refractivity contribution < 1.29 is 4.74 Å². The van der Waals surface area contributed by atoms with Crippen molar-refractivity contribution in [1.82, 2.24) is 5.32 Å². The summed E-state index contributed by atoms with van der Waals surface area (Å²) in [7, 11) is 3.75. The highest BCUT2D eigenvalue weighted by Gasteiger charge is 2.15. The molecule has 0 amide bonds. The van der Waals surface area contributed by atoms with E-state index in [2.05, 4.69) is 35.0 Å². The van der Waals surface area contributed by atoms with Crippen LogP contribution in [0.15, 0.2) is 29.6 Å². The van der Waals surface area contributed by atoms with Gasteiger partial charge in [-0.1, -0.05) is 18.2 Å². The van der Waals surface area contributed by atoms with Gasteiger partial charge in [0.25, 0.3) is 0 Å². The third-order valence-corrected chi connectivity index (χ3v) is 5.15. The summed E-state index contributed by atoms with van der Waals surface area (Å²) in [6.45, 7) is 0. The molecule has 0 saturated carbocycles. The highest BCUT2D eigenvalue weighted by molar-refractivity contribution is 7.10. The lowest BCUT2D eigenvalue weighted by molar-refractivity contribution is 0.416. The average Bonchev–Trinajstić information content (AvgIpc) is 3.12. The molecule has 1 aromatic heterocycles. The van der Waals surface area contributed by atoms with Gasteiger partial charge >= 0.3 is 0 Å². The summed E-state index contributed by atoms with van der Waals surface area (Å²) < 4.78 is 5.28. The first-order chi connectivity index (χ1) is 9.80. The van der Waals surface area contributed by atoms with E-state index >= 15 is 0 Å². The van der Waals surface area contributed by atoms with Crippen LogP contribution in [0.2, 0.25) is 0 Å². The summed E-state index contributed by atoms with van der Waals surface area (Å²) in [5.41, 5.74) is 4.53. The molecule has 0 saturated heterocycles. The molecule has 1 aromatic carbocycles. The van der Waals surface area contributed by atoms with Crippen LogP contribution in [-0.4, -0.2) is 14.2 Å². The Hall–Kier alpha value is -1.32. The molecule has 1 N–H and O–H groups in total. The van der Waals surface area contributed by atoms with Gasteiger partial charge in [0.1, 0.15) is 5.75 Å². The predicted molar refractivity (Wildman–Crippen MR) is 84.8 cm³/mol. The number of benzene rings is 1. The van der Waals surface area contributed by atoms with Gasteiger partial charge in [-0.15, -0.1) is 11.3 Å². The number of methoxy groups -OCH3 is 1. The summed E-state index contributed by atoms with van der Waals surface area (Å²) in [4.78, 5) is 1.34. The van der Waals surface area contributed by atoms with Crippen LogP contribution in [0.1, 0.15) is 34.0 Å². The first-order valence-corrected chi connectivity index (χ1v) is 8.08. The quantitative estimate of drug-likeness (QED) is 0.904. The van der Waals surface area contributed by atoms with Gasteiger partial charge < -0.3 is 10.1 Å². The zero-order chi connectivity index (χ0) is 13.9. The second-order valence-electron chi connectivity index (χ2n) is 5.39. The van der Waals surface area contributed by atoms with Crippen molar-refractivity contribution in [3.8, 4) is 5.75 Å². The Kier molecular flexibility index (Phi) is 4.08. The van der Waals surface area contributed by atoms with Crippen molar-refractivity contribution in [2.45, 2.75) is 31.7 Å². The normalized spacial score (nSPS) is 15.1. The standard InChI is InChI=1S/C17H21NOS/c1-18-16(17-10-15(19-2)11-20-17)9-12-6-7-13-4-3-5-14(13)8-12/h6-8,10-11,16,18H,3-5,9H2,1-2H3. The van der Waals surface area contributed by atoms with Gasteiger partial charge in [-0.25, -0.2) is 0 Å². The molecule has 1 unspecified atom stereocenters. The van der Waals surface area contributed by atoms with Crippen molar-refractivity contribution in [3.63, 3.8) is 0 Å². The number of hydrogen-bond donors (Lipinski definition) is 1. The highest BCUT2D eigenvalue weighted by Crippen LogP contribution is 2.30. The molecule has 1 aliphatic carbocycles. The van der Waals surface area contributed by atoms with Gasteiger partial charge in [-0.2, -0.15) is 0 Å². The topological polar surface area (TPSA) is 21.3 Å². The smallest absolute Gasteiger partial charge is 0.129 e. The molecular weight excluding hydrogens is 266 g/mol. The van der Waals surface area contributed by atoms with Crippen molar-refractivity contribution >= 4 is 11.3 Å². The number of nitrogens with one attached hydrogen (secondary N) is 1. The monoisotopic (exact) mass is 287 g/mol. The van der Waals surface area contributed by atoms with Gasteiger partial charge in [-0.3, -0.25) is 0 Å². The number of rotatable bonds is 5. The van der Waals surface area contributed by atoms with Gasteiger partial charge in [0.2, 0.25) is 0 Å². The largest absolute Gasteiger partial charge is 0.496 e. The maximum Gasteiger partial charge on any atom is 0.129 e. The summed E-state index contributed by atoms with van der Waals surface area (Å²) >= 11 is 1.76. The van der Waals surface area contributed by atoms with E-state index in [-0.39, 0.29) is 0 Å². The summed E-state index contributed by atoms with van der Waals surface area (Å²) in [6, 6.07) is 9.51. The third kappa shape index (κ3) is 2.74. The van der Waals surface area contributed by atoms with E-state index in [1.807, 2.05) is 7.05 Å². The SMILES string of the molecule is CNC(Cc1ccc2c(c1)CCC2)c1cc(OC)cs1. The molecule has 0 radical (unpaired) electrons. The van der Waals surface area contributed by atoms with Crippen molar-refractivity contribution in [2.75, 3.05) is 14.2 Å². The van der Waals surface area contributed by atoms with E-state index in [0.29, 0.717) is 6.04 Å². The molecule has 1 aliphatic rings. The van der Waals surface area contributed by atoms with Crippen LogP contribution in [0, 0.1) is 0 Å². The number of fused-ring (bicyclic) bond motifs is 1. The van der Waals surface area contributed by atoms with E-state index in [1.54, 1.807) is 29.6 Å². The first kappa shape index (κ1) is 13.7. The fraction of sp³-hybridized carbons (Fsp3) is 0.412. The third-order valence-electron chi connectivity index (χ3n) is 4.13. The number of aryl methyl sites for hydroxylation is 2. The first-order valence-electron chi connectivity index (χ1n) is 7.20. The van der Waals surface area contributed by atoms with Crippen LogP contribution in [0.4, 0.5) is 0 Å². The zero-order valence-corrected chi connectivity index (χ0v) is 12.9. The molecule has 0 spiro atoms. The average molecular weight is 287 g/mol. The van der Waals surface area contributed by atoms with Crippen LogP contribution in [-0.2, 0) is 19.3 Å². The van der Waals surface area contributed by atoms with Crippen LogP contribution >= 0.6 is 11.3 Å². The van der Waals surface area contributed by atoms with E-state index in [9.17, 15) is 0 Å². The second-order valence-corrected chi connectivity index (χ2v) is 6.33. The van der Waals surface area contributed by atoms with E-state index in [4.69, 9.17) is 4.74 Å². The molecule has 2 aromatic rings. The molecule has 1 atom stereocenters. The van der Waals surface area contributed by atoms with Crippen LogP contribution in [0.5, 0.6) is 5.75 Å². The van der Waals surface area contributed by atoms with Gasteiger partial charge in [-0.05, 0) is 55.5 Å². The Morgan fingerprint density at radius 2 is 2.10 bits per heavy atom. The molecule has 3 rings (SSSR count). The van der Waals surface area contributed by atoms with E-state index < -0.39 is 0 Å². The van der Waals surface area contributed by atoms with Crippen molar-refractivity contribution in [1.29, 1.82) is 0 Å². The minimum absolute atomic E-state index is 0.364. The van der Waals surface area contributed by atoms with Crippen LogP contribution in [0.25, 0.3) is 0 Å². The highest BCUT2D eigenvalue weighted by atomic mass is 32.1. The Labute approximate surface area is 124 Å². The van der Waals surface area contributed by atoms with Crippen molar-refractivity contribution in [2.24, 2.45) is 0 Å². The fourth-order valence-electron chi connectivity index (χ4n) is 2.96. The van der Waals surface area contributed by atoms with Crippen LogP contribution < -0.4 is 10.1 Å². The molecule has 20 heavy (non-hydrogen) atoms. The van der Waals surface area contributed by atoms with E-state index in [1.165, 1.54) is 29.7 Å². The van der Waals surface area contributed by atoms with E-state index in [0.717, 1.165) is 12.2 Å². The minimum atomic E-state index is 0.364. The molecule has 0 bridgehead atoms. The van der Waals surface area contributed by atoms with Gasteiger partial charge in [0.15, 0.2) is 0 Å². The number of thiophene rings is 1. The summed E-state index contributed by atoms with van der Waals surface area (Å²) in [5.74, 6) is 0.958. The predicted octanol–water partition coefficient (Wildman–Crippen LogP) is 3.75. The molecule has 1 heterocycles. The molecule has 2 nitrogen and oxygen atoms in total. The number of likely N-dealkylation sites (N-methyl/N-ethyl adjacent to an activating group) is 1. The lowest BCUT2D eigenvalue weighted by Crippen LogP contribution is -2.17. The number of hydrogen-bond acceptors (Lipinski definition) is 3. The summed E-state index contributed by atoms with van der Waals surface area (Å²) in [6.07, 6.45) is 4.86. The lowest BCUT2D eigenvalue weighted by Gasteiger charge is -2.15. The molecule has 0 aliphatic heterocycles. The Balaban J connectivity index is 1.77. The maximum atomic E-state index is 5.28. The Morgan fingerprint density at radius 3 is 2.85 bits per heavy atom.